The number of aryl methyl sites for hydroxylation is 1. The SMILES string of the molecule is Cc1cc(CN(C)C2CCC(C)(C)CC2)oc1C(=O)O. The molecule has 0 unspecified atom stereocenters. The molecule has 1 saturated carbocycles. The lowest BCUT2D eigenvalue weighted by Crippen LogP contribution is -2.36. The van der Waals surface area contributed by atoms with Gasteiger partial charge >= 0.3 is 5.97 Å². The number of hydrogen-bond acceptors (Lipinski definition) is 3. The van der Waals surface area contributed by atoms with Crippen molar-refractivity contribution < 1.29 is 14.3 Å². The largest absolute Gasteiger partial charge is 0.475 e. The first kappa shape index (κ1) is 15.1. The molecule has 4 nitrogen and oxygen atoms in total. The van der Waals surface area contributed by atoms with Crippen molar-refractivity contribution in [2.24, 2.45) is 5.41 Å². The van der Waals surface area contributed by atoms with Gasteiger partial charge in [0.15, 0.2) is 0 Å². The standard InChI is InChI=1S/C16H25NO3/c1-11-9-13(20-14(11)15(18)19)10-17(4)12-5-7-16(2,3)8-6-12/h9,12H,5-8,10H2,1-4H3,(H,18,19). The fraction of sp³-hybridized carbons (Fsp3) is 0.688. The van der Waals surface area contributed by atoms with Crippen LogP contribution in [0.15, 0.2) is 10.5 Å². The predicted molar refractivity (Wildman–Crippen MR) is 77.9 cm³/mol. The Kier molecular flexibility index (Phi) is 4.23. The first-order chi connectivity index (χ1) is 9.28. The van der Waals surface area contributed by atoms with Crippen LogP contribution in [-0.2, 0) is 6.54 Å². The van der Waals surface area contributed by atoms with Crippen molar-refractivity contribution in [1.29, 1.82) is 0 Å². The van der Waals surface area contributed by atoms with E-state index in [1.165, 1.54) is 25.7 Å². The Labute approximate surface area is 120 Å². The van der Waals surface area contributed by atoms with E-state index in [0.717, 1.165) is 5.76 Å². The maximum absolute atomic E-state index is 11.0. The minimum atomic E-state index is -0.990. The Bertz CT molecular complexity index is 480. The van der Waals surface area contributed by atoms with Gasteiger partial charge in [-0.3, -0.25) is 4.90 Å². The highest BCUT2D eigenvalue weighted by Gasteiger charge is 2.29. The van der Waals surface area contributed by atoms with Crippen molar-refractivity contribution in [3.63, 3.8) is 0 Å². The molecule has 2 rings (SSSR count). The van der Waals surface area contributed by atoms with E-state index in [0.29, 0.717) is 23.6 Å². The highest BCUT2D eigenvalue weighted by molar-refractivity contribution is 5.86. The van der Waals surface area contributed by atoms with Crippen molar-refractivity contribution in [1.82, 2.24) is 4.90 Å². The number of hydrogen-bond donors (Lipinski definition) is 1. The van der Waals surface area contributed by atoms with Gasteiger partial charge in [-0.1, -0.05) is 13.8 Å². The van der Waals surface area contributed by atoms with E-state index in [2.05, 4.69) is 25.8 Å². The second-order valence-electron chi connectivity index (χ2n) is 6.84. The highest BCUT2D eigenvalue weighted by atomic mass is 16.4. The third-order valence-corrected chi connectivity index (χ3v) is 4.50. The Morgan fingerprint density at radius 1 is 1.45 bits per heavy atom. The molecule has 1 heterocycles. The lowest BCUT2D eigenvalue weighted by Gasteiger charge is -2.38. The molecular weight excluding hydrogens is 254 g/mol. The highest BCUT2D eigenvalue weighted by Crippen LogP contribution is 2.36. The van der Waals surface area contributed by atoms with E-state index >= 15 is 0 Å². The number of carbonyl (C=O) groups is 1. The number of nitrogens with zero attached hydrogens (tertiary/aromatic N) is 1. The number of aromatic carboxylic acids is 1. The van der Waals surface area contributed by atoms with E-state index in [1.54, 1.807) is 6.92 Å². The van der Waals surface area contributed by atoms with Gasteiger partial charge in [0.25, 0.3) is 0 Å². The molecule has 0 aromatic carbocycles. The van der Waals surface area contributed by atoms with Gasteiger partial charge in [-0.2, -0.15) is 0 Å². The molecule has 4 heteroatoms. The molecule has 0 bridgehead atoms. The van der Waals surface area contributed by atoms with Crippen molar-refractivity contribution in [3.8, 4) is 0 Å². The number of rotatable bonds is 4. The van der Waals surface area contributed by atoms with Crippen LogP contribution in [0, 0.1) is 12.3 Å². The minimum absolute atomic E-state index is 0.0678. The van der Waals surface area contributed by atoms with E-state index in [-0.39, 0.29) is 5.76 Å². The van der Waals surface area contributed by atoms with Crippen LogP contribution in [0.25, 0.3) is 0 Å². The Morgan fingerprint density at radius 3 is 2.55 bits per heavy atom. The van der Waals surface area contributed by atoms with Crippen LogP contribution < -0.4 is 0 Å². The first-order valence-corrected chi connectivity index (χ1v) is 7.31. The summed E-state index contributed by atoms with van der Waals surface area (Å²) in [4.78, 5) is 13.3. The molecule has 1 aromatic rings. The summed E-state index contributed by atoms with van der Waals surface area (Å²) >= 11 is 0. The van der Waals surface area contributed by atoms with Crippen LogP contribution in [0.2, 0.25) is 0 Å². The summed E-state index contributed by atoms with van der Waals surface area (Å²) in [6.07, 6.45) is 4.91. The van der Waals surface area contributed by atoms with Gasteiger partial charge in [0.05, 0.1) is 6.54 Å². The maximum atomic E-state index is 11.0. The van der Waals surface area contributed by atoms with Crippen molar-refractivity contribution in [3.05, 3.63) is 23.2 Å². The average molecular weight is 279 g/mol. The molecular formula is C16H25NO3. The summed E-state index contributed by atoms with van der Waals surface area (Å²) in [7, 11) is 2.10. The predicted octanol–water partition coefficient (Wildman–Crippen LogP) is 3.69. The van der Waals surface area contributed by atoms with Gasteiger partial charge in [0, 0.05) is 11.6 Å². The van der Waals surface area contributed by atoms with Gasteiger partial charge in [-0.25, -0.2) is 4.79 Å². The third kappa shape index (κ3) is 3.42. The fourth-order valence-electron chi connectivity index (χ4n) is 3.04. The van der Waals surface area contributed by atoms with Gasteiger partial charge in [-0.15, -0.1) is 0 Å². The molecule has 20 heavy (non-hydrogen) atoms. The van der Waals surface area contributed by atoms with Crippen LogP contribution >= 0.6 is 0 Å². The van der Waals surface area contributed by atoms with Crippen LogP contribution in [0.3, 0.4) is 0 Å². The summed E-state index contributed by atoms with van der Waals surface area (Å²) in [5.41, 5.74) is 1.17. The third-order valence-electron chi connectivity index (χ3n) is 4.50. The molecule has 0 amide bonds. The zero-order valence-electron chi connectivity index (χ0n) is 12.9. The van der Waals surface area contributed by atoms with Crippen molar-refractivity contribution in [2.75, 3.05) is 7.05 Å². The smallest absolute Gasteiger partial charge is 0.372 e. The normalized spacial score (nSPS) is 19.4. The second-order valence-corrected chi connectivity index (χ2v) is 6.84. The zero-order valence-corrected chi connectivity index (χ0v) is 12.9. The van der Waals surface area contributed by atoms with Crippen molar-refractivity contribution in [2.45, 2.75) is 59.0 Å². The molecule has 1 fully saturated rings. The Balaban J connectivity index is 1.96. The van der Waals surface area contributed by atoms with Crippen LogP contribution in [0.1, 0.15) is 61.4 Å². The molecule has 112 valence electrons. The Hall–Kier alpha value is -1.29. The second kappa shape index (κ2) is 5.60. The molecule has 1 N–H and O–H groups in total. The minimum Gasteiger partial charge on any atom is -0.475 e. The van der Waals surface area contributed by atoms with Crippen LogP contribution in [0.5, 0.6) is 0 Å². The number of carboxylic acids is 1. The van der Waals surface area contributed by atoms with E-state index in [1.807, 2.05) is 6.07 Å². The zero-order chi connectivity index (χ0) is 14.9. The van der Waals surface area contributed by atoms with E-state index in [9.17, 15) is 4.79 Å². The van der Waals surface area contributed by atoms with Gasteiger partial charge in [0.2, 0.25) is 5.76 Å². The summed E-state index contributed by atoms with van der Waals surface area (Å²) in [6, 6.07) is 2.41. The fourth-order valence-corrected chi connectivity index (χ4v) is 3.04. The average Bonchev–Trinajstić information content (AvgIpc) is 2.70. The quantitative estimate of drug-likeness (QED) is 0.913. The summed E-state index contributed by atoms with van der Waals surface area (Å²) in [6.45, 7) is 7.12. The molecule has 1 aliphatic rings. The summed E-state index contributed by atoms with van der Waals surface area (Å²) in [5, 5.41) is 9.01. The lowest BCUT2D eigenvalue weighted by molar-refractivity contribution is 0.0654. The maximum Gasteiger partial charge on any atom is 0.372 e. The van der Waals surface area contributed by atoms with Gasteiger partial charge < -0.3 is 9.52 Å². The van der Waals surface area contributed by atoms with Crippen molar-refractivity contribution >= 4 is 5.97 Å². The number of carboxylic acid groups (broad SMARTS) is 1. The first-order valence-electron chi connectivity index (χ1n) is 7.31. The molecule has 0 saturated heterocycles. The molecule has 0 atom stereocenters. The summed E-state index contributed by atoms with van der Waals surface area (Å²) in [5.74, 6) is -0.179. The lowest BCUT2D eigenvalue weighted by atomic mass is 9.75. The molecule has 0 radical (unpaired) electrons. The molecule has 0 aliphatic heterocycles. The van der Waals surface area contributed by atoms with Crippen LogP contribution in [0.4, 0.5) is 0 Å². The van der Waals surface area contributed by atoms with Gasteiger partial charge in [-0.05, 0) is 51.1 Å². The van der Waals surface area contributed by atoms with Gasteiger partial charge in [0.1, 0.15) is 5.76 Å². The van der Waals surface area contributed by atoms with Crippen LogP contribution in [-0.4, -0.2) is 29.1 Å². The van der Waals surface area contributed by atoms with E-state index < -0.39 is 5.97 Å². The monoisotopic (exact) mass is 279 g/mol. The number of furan rings is 1. The topological polar surface area (TPSA) is 53.7 Å². The van der Waals surface area contributed by atoms with E-state index in [4.69, 9.17) is 9.52 Å². The molecule has 1 aromatic heterocycles. The summed E-state index contributed by atoms with van der Waals surface area (Å²) < 4.78 is 5.44. The Morgan fingerprint density at radius 2 is 2.05 bits per heavy atom. The molecule has 1 aliphatic carbocycles. The molecule has 0 spiro atoms.